The summed E-state index contributed by atoms with van der Waals surface area (Å²) in [5.74, 6) is 0. The average molecular weight is 436 g/mol. The minimum absolute atomic E-state index is 0.150. The monoisotopic (exact) mass is 435 g/mol. The van der Waals surface area contributed by atoms with Crippen LogP contribution in [-0.4, -0.2) is 51.8 Å². The molecule has 9 nitrogen and oxygen atoms in total. The lowest BCUT2D eigenvalue weighted by molar-refractivity contribution is -0.523. The summed E-state index contributed by atoms with van der Waals surface area (Å²) in [6.07, 6.45) is -0.903. The first-order valence-electron chi connectivity index (χ1n) is 10.5. The molecule has 1 fully saturated rings. The Labute approximate surface area is 183 Å². The molecule has 3 unspecified atom stereocenters. The van der Waals surface area contributed by atoms with Crippen molar-refractivity contribution in [2.75, 3.05) is 6.54 Å². The number of nitro groups is 1. The summed E-state index contributed by atoms with van der Waals surface area (Å²) in [5, 5.41) is 14.3. The molecule has 1 saturated heterocycles. The van der Waals surface area contributed by atoms with E-state index >= 15 is 0 Å². The molecule has 0 aromatic heterocycles. The van der Waals surface area contributed by atoms with Crippen LogP contribution in [0.15, 0.2) is 30.3 Å². The minimum Gasteiger partial charge on any atom is -0.443 e. The first-order valence-corrected chi connectivity index (χ1v) is 10.5. The Hall–Kier alpha value is -2.68. The van der Waals surface area contributed by atoms with Crippen LogP contribution in [0.3, 0.4) is 0 Å². The summed E-state index contributed by atoms with van der Waals surface area (Å²) >= 11 is 0. The van der Waals surface area contributed by atoms with Gasteiger partial charge >= 0.3 is 12.2 Å². The Kier molecular flexibility index (Phi) is 7.64. The Balaban J connectivity index is 2.46. The molecule has 0 saturated carbocycles. The Morgan fingerprint density at radius 2 is 1.55 bits per heavy atom. The van der Waals surface area contributed by atoms with Crippen molar-refractivity contribution in [2.24, 2.45) is 0 Å². The number of nitrogens with zero attached hydrogens (tertiary/aromatic N) is 2. The SMILES string of the molecule is CC(C)(C)OC(=O)N(C(=O)OC(C)(C)C)C(c1ccccc1)C1CCC([N+](=O)[O-])CN1. The number of rotatable bonds is 4. The van der Waals surface area contributed by atoms with Gasteiger partial charge in [0.05, 0.1) is 12.6 Å². The first kappa shape index (κ1) is 24.6. The lowest BCUT2D eigenvalue weighted by Gasteiger charge is -2.39. The zero-order valence-electron chi connectivity index (χ0n) is 19.1. The topological polar surface area (TPSA) is 111 Å². The standard InChI is InChI=1S/C22H33N3O6/c1-21(2,3)30-19(26)24(20(27)31-22(4,5)6)18(15-10-8-7-9-11-15)17-13-12-16(14-23-17)25(28)29/h7-11,16-18,23H,12-14H2,1-6H3. The van der Waals surface area contributed by atoms with E-state index in [1.54, 1.807) is 41.5 Å². The molecule has 0 spiro atoms. The van der Waals surface area contributed by atoms with Crippen molar-refractivity contribution in [3.63, 3.8) is 0 Å². The van der Waals surface area contributed by atoms with Crippen LogP contribution >= 0.6 is 0 Å². The third-order valence-corrected chi connectivity index (χ3v) is 4.71. The number of imide groups is 1. The molecule has 9 heteroatoms. The molecule has 1 aliphatic rings. The number of piperidine rings is 1. The van der Waals surface area contributed by atoms with Gasteiger partial charge in [-0.25, -0.2) is 14.5 Å². The molecule has 2 amide bonds. The molecule has 31 heavy (non-hydrogen) atoms. The van der Waals surface area contributed by atoms with Gasteiger partial charge in [-0.05, 0) is 53.5 Å². The number of hydrogen-bond donors (Lipinski definition) is 1. The highest BCUT2D eigenvalue weighted by Gasteiger charge is 2.43. The van der Waals surface area contributed by atoms with Crippen LogP contribution < -0.4 is 5.32 Å². The second-order valence-electron chi connectivity index (χ2n) is 9.72. The van der Waals surface area contributed by atoms with Crippen molar-refractivity contribution in [3.8, 4) is 0 Å². The molecule has 1 heterocycles. The van der Waals surface area contributed by atoms with E-state index in [1.165, 1.54) is 0 Å². The van der Waals surface area contributed by atoms with Crippen molar-refractivity contribution < 1.29 is 24.0 Å². The lowest BCUT2D eigenvalue weighted by Crippen LogP contribution is -2.55. The Morgan fingerprint density at radius 3 is 1.94 bits per heavy atom. The van der Waals surface area contributed by atoms with Gasteiger partial charge < -0.3 is 14.8 Å². The summed E-state index contributed by atoms with van der Waals surface area (Å²) in [4.78, 5) is 38.2. The van der Waals surface area contributed by atoms with Crippen LogP contribution in [0.1, 0.15) is 66.0 Å². The molecule has 172 valence electrons. The molecule has 2 rings (SSSR count). The molecular weight excluding hydrogens is 402 g/mol. The number of carbonyl (C=O) groups excluding carboxylic acids is 2. The van der Waals surface area contributed by atoms with Crippen molar-refractivity contribution in [2.45, 2.75) is 83.7 Å². The average Bonchev–Trinajstić information content (AvgIpc) is 2.63. The predicted octanol–water partition coefficient (Wildman–Crippen LogP) is 4.30. The molecule has 0 aliphatic carbocycles. The van der Waals surface area contributed by atoms with Crippen LogP contribution in [-0.2, 0) is 9.47 Å². The molecule has 1 aromatic rings. The second kappa shape index (κ2) is 9.64. The van der Waals surface area contributed by atoms with E-state index in [-0.39, 0.29) is 11.5 Å². The molecule has 1 N–H and O–H groups in total. The van der Waals surface area contributed by atoms with E-state index in [4.69, 9.17) is 9.47 Å². The number of carbonyl (C=O) groups is 2. The van der Waals surface area contributed by atoms with E-state index in [1.807, 2.05) is 30.3 Å². The van der Waals surface area contributed by atoms with E-state index in [0.717, 1.165) is 4.90 Å². The van der Waals surface area contributed by atoms with E-state index in [2.05, 4.69) is 5.32 Å². The number of nitrogens with one attached hydrogen (secondary N) is 1. The van der Waals surface area contributed by atoms with E-state index < -0.39 is 41.5 Å². The molecule has 0 radical (unpaired) electrons. The van der Waals surface area contributed by atoms with Gasteiger partial charge in [-0.15, -0.1) is 0 Å². The van der Waals surface area contributed by atoms with E-state index in [0.29, 0.717) is 18.4 Å². The normalized spacial score (nSPS) is 20.5. The zero-order valence-corrected chi connectivity index (χ0v) is 19.1. The summed E-state index contributed by atoms with van der Waals surface area (Å²) in [6, 6.07) is 7.24. The van der Waals surface area contributed by atoms with Gasteiger partial charge in [-0.3, -0.25) is 10.1 Å². The molecule has 0 bridgehead atoms. The number of amides is 2. The van der Waals surface area contributed by atoms with Crippen molar-refractivity contribution >= 4 is 12.2 Å². The first-order chi connectivity index (χ1) is 14.3. The summed E-state index contributed by atoms with van der Waals surface area (Å²) in [5.41, 5.74) is -0.943. The summed E-state index contributed by atoms with van der Waals surface area (Å²) < 4.78 is 11.1. The van der Waals surface area contributed by atoms with Crippen LogP contribution in [0, 0.1) is 10.1 Å². The molecule has 3 atom stereocenters. The molecule has 1 aromatic carbocycles. The highest BCUT2D eigenvalue weighted by atomic mass is 16.6. The Bertz CT molecular complexity index is 749. The number of hydrogen-bond acceptors (Lipinski definition) is 7. The maximum absolute atomic E-state index is 13.2. The molecular formula is C22H33N3O6. The zero-order chi connectivity index (χ0) is 23.4. The largest absolute Gasteiger partial charge is 0.443 e. The van der Waals surface area contributed by atoms with Gasteiger partial charge in [0.15, 0.2) is 0 Å². The van der Waals surface area contributed by atoms with Crippen LogP contribution in [0.25, 0.3) is 0 Å². The maximum atomic E-state index is 13.2. The van der Waals surface area contributed by atoms with Crippen LogP contribution in [0.2, 0.25) is 0 Å². The van der Waals surface area contributed by atoms with Crippen molar-refractivity contribution in [1.82, 2.24) is 10.2 Å². The smallest absolute Gasteiger partial charge is 0.420 e. The molecule has 1 aliphatic heterocycles. The second-order valence-corrected chi connectivity index (χ2v) is 9.72. The maximum Gasteiger partial charge on any atom is 0.420 e. The van der Waals surface area contributed by atoms with Gasteiger partial charge in [0.25, 0.3) is 0 Å². The van der Waals surface area contributed by atoms with Crippen molar-refractivity contribution in [1.29, 1.82) is 0 Å². The van der Waals surface area contributed by atoms with Gasteiger partial charge in [0.2, 0.25) is 6.04 Å². The summed E-state index contributed by atoms with van der Waals surface area (Å²) in [7, 11) is 0. The van der Waals surface area contributed by atoms with E-state index in [9.17, 15) is 19.7 Å². The fourth-order valence-corrected chi connectivity index (χ4v) is 3.45. The Morgan fingerprint density at radius 1 is 1.03 bits per heavy atom. The van der Waals surface area contributed by atoms with Crippen molar-refractivity contribution in [3.05, 3.63) is 46.0 Å². The van der Waals surface area contributed by atoms with Gasteiger partial charge in [0, 0.05) is 17.4 Å². The number of benzene rings is 1. The summed E-state index contributed by atoms with van der Waals surface area (Å²) in [6.45, 7) is 10.5. The minimum atomic E-state index is -0.825. The number of ether oxygens (including phenoxy) is 2. The van der Waals surface area contributed by atoms with Gasteiger partial charge in [-0.2, -0.15) is 0 Å². The quantitative estimate of drug-likeness (QED) is 0.554. The fourth-order valence-electron chi connectivity index (χ4n) is 3.45. The fraction of sp³-hybridized carbons (Fsp3) is 0.636. The highest BCUT2D eigenvalue weighted by molar-refractivity contribution is 5.89. The van der Waals surface area contributed by atoms with Crippen LogP contribution in [0.5, 0.6) is 0 Å². The third kappa shape index (κ3) is 7.20. The van der Waals surface area contributed by atoms with Gasteiger partial charge in [0.1, 0.15) is 11.2 Å². The third-order valence-electron chi connectivity index (χ3n) is 4.71. The van der Waals surface area contributed by atoms with Crippen LogP contribution in [0.4, 0.5) is 9.59 Å². The lowest BCUT2D eigenvalue weighted by atomic mass is 9.90. The highest BCUT2D eigenvalue weighted by Crippen LogP contribution is 2.32. The predicted molar refractivity (Wildman–Crippen MR) is 115 cm³/mol. The van der Waals surface area contributed by atoms with Gasteiger partial charge in [-0.1, -0.05) is 30.3 Å².